The van der Waals surface area contributed by atoms with Crippen molar-refractivity contribution in [3.8, 4) is 11.1 Å². The van der Waals surface area contributed by atoms with E-state index in [0.717, 1.165) is 5.56 Å². The van der Waals surface area contributed by atoms with E-state index in [9.17, 15) is 13.6 Å². The highest BCUT2D eigenvalue weighted by molar-refractivity contribution is 5.86. The summed E-state index contributed by atoms with van der Waals surface area (Å²) in [5.41, 5.74) is 4.90. The van der Waals surface area contributed by atoms with Gasteiger partial charge in [-0.25, -0.2) is 14.2 Å². The summed E-state index contributed by atoms with van der Waals surface area (Å²) in [4.78, 5) is 12.2. The SMILES string of the molecule is CC(C(=O)N/N=C/c1ccc(F)cc1)c1ccc(-c2ccccc2)c(F)c1. The number of rotatable bonds is 5. The van der Waals surface area contributed by atoms with Crippen molar-refractivity contribution in [3.05, 3.63) is 95.6 Å². The minimum Gasteiger partial charge on any atom is -0.272 e. The molecule has 1 atom stereocenters. The molecule has 1 N–H and O–H groups in total. The lowest BCUT2D eigenvalue weighted by Crippen LogP contribution is -2.23. The van der Waals surface area contributed by atoms with Crippen molar-refractivity contribution in [1.29, 1.82) is 0 Å². The molecule has 0 aliphatic rings. The first-order valence-electron chi connectivity index (χ1n) is 8.48. The fourth-order valence-electron chi connectivity index (χ4n) is 2.62. The van der Waals surface area contributed by atoms with Gasteiger partial charge in [-0.1, -0.05) is 54.6 Å². The summed E-state index contributed by atoms with van der Waals surface area (Å²) in [7, 11) is 0. The van der Waals surface area contributed by atoms with E-state index in [1.54, 1.807) is 31.2 Å². The first kappa shape index (κ1) is 18.5. The van der Waals surface area contributed by atoms with Crippen molar-refractivity contribution in [3.63, 3.8) is 0 Å². The van der Waals surface area contributed by atoms with Crippen LogP contribution in [0, 0.1) is 11.6 Å². The van der Waals surface area contributed by atoms with Gasteiger partial charge in [-0.15, -0.1) is 0 Å². The largest absolute Gasteiger partial charge is 0.272 e. The van der Waals surface area contributed by atoms with Crippen LogP contribution in [0.3, 0.4) is 0 Å². The molecule has 0 heterocycles. The van der Waals surface area contributed by atoms with Crippen LogP contribution in [0.1, 0.15) is 24.0 Å². The van der Waals surface area contributed by atoms with Gasteiger partial charge in [-0.3, -0.25) is 4.79 Å². The van der Waals surface area contributed by atoms with E-state index in [4.69, 9.17) is 0 Å². The molecule has 0 saturated heterocycles. The molecule has 1 amide bonds. The number of halogens is 2. The molecule has 0 bridgehead atoms. The van der Waals surface area contributed by atoms with Crippen LogP contribution in [0.5, 0.6) is 0 Å². The first-order chi connectivity index (χ1) is 13.0. The highest BCUT2D eigenvalue weighted by Crippen LogP contribution is 2.26. The van der Waals surface area contributed by atoms with Crippen LogP contribution >= 0.6 is 0 Å². The molecule has 0 aliphatic heterocycles. The molecule has 3 aromatic carbocycles. The van der Waals surface area contributed by atoms with Crippen molar-refractivity contribution in [2.24, 2.45) is 5.10 Å². The maximum Gasteiger partial charge on any atom is 0.247 e. The van der Waals surface area contributed by atoms with Crippen LogP contribution in [0.15, 0.2) is 77.9 Å². The summed E-state index contributed by atoms with van der Waals surface area (Å²) in [5.74, 6) is -1.66. The maximum absolute atomic E-state index is 14.5. The van der Waals surface area contributed by atoms with Crippen molar-refractivity contribution in [2.75, 3.05) is 0 Å². The molecule has 0 aliphatic carbocycles. The number of nitrogens with zero attached hydrogens (tertiary/aromatic N) is 1. The molecule has 3 rings (SSSR count). The summed E-state index contributed by atoms with van der Waals surface area (Å²) in [6, 6.07) is 19.7. The van der Waals surface area contributed by atoms with E-state index in [0.29, 0.717) is 16.7 Å². The number of benzene rings is 3. The van der Waals surface area contributed by atoms with Gasteiger partial charge < -0.3 is 0 Å². The fourth-order valence-corrected chi connectivity index (χ4v) is 2.62. The summed E-state index contributed by atoms with van der Waals surface area (Å²) in [6.45, 7) is 1.68. The number of hydrazone groups is 1. The zero-order valence-corrected chi connectivity index (χ0v) is 14.7. The van der Waals surface area contributed by atoms with Gasteiger partial charge in [-0.2, -0.15) is 5.10 Å². The molecule has 1 unspecified atom stereocenters. The Morgan fingerprint density at radius 3 is 2.37 bits per heavy atom. The minimum absolute atomic E-state index is 0.342. The van der Waals surface area contributed by atoms with Crippen LogP contribution in [0.4, 0.5) is 8.78 Å². The highest BCUT2D eigenvalue weighted by Gasteiger charge is 2.16. The van der Waals surface area contributed by atoms with Gasteiger partial charge in [0.05, 0.1) is 12.1 Å². The number of amides is 1. The van der Waals surface area contributed by atoms with Crippen LogP contribution in [0.25, 0.3) is 11.1 Å². The predicted octanol–water partition coefficient (Wildman–Crippen LogP) is 4.89. The zero-order valence-electron chi connectivity index (χ0n) is 14.7. The lowest BCUT2D eigenvalue weighted by molar-refractivity contribution is -0.122. The lowest BCUT2D eigenvalue weighted by Gasteiger charge is -2.12. The Kier molecular flexibility index (Phi) is 5.71. The second-order valence-corrected chi connectivity index (χ2v) is 6.11. The van der Waals surface area contributed by atoms with Crippen LogP contribution < -0.4 is 5.43 Å². The van der Waals surface area contributed by atoms with Crippen molar-refractivity contribution in [2.45, 2.75) is 12.8 Å². The quantitative estimate of drug-likeness (QED) is 0.508. The second-order valence-electron chi connectivity index (χ2n) is 6.11. The zero-order chi connectivity index (χ0) is 19.2. The molecule has 0 fully saturated rings. The van der Waals surface area contributed by atoms with Gasteiger partial charge in [-0.05, 0) is 41.8 Å². The summed E-state index contributed by atoms with van der Waals surface area (Å²) in [6.07, 6.45) is 1.42. The Bertz CT molecular complexity index is 954. The van der Waals surface area contributed by atoms with Crippen molar-refractivity contribution >= 4 is 12.1 Å². The Balaban J connectivity index is 1.68. The van der Waals surface area contributed by atoms with Gasteiger partial charge in [0.2, 0.25) is 5.91 Å². The van der Waals surface area contributed by atoms with Crippen LogP contribution in [-0.2, 0) is 4.79 Å². The predicted molar refractivity (Wildman–Crippen MR) is 102 cm³/mol. The van der Waals surface area contributed by atoms with Gasteiger partial charge in [0.15, 0.2) is 0 Å². The number of carbonyl (C=O) groups is 1. The second kappa shape index (κ2) is 8.36. The van der Waals surface area contributed by atoms with Gasteiger partial charge in [0, 0.05) is 5.56 Å². The average Bonchev–Trinajstić information content (AvgIpc) is 2.69. The molecule has 0 radical (unpaired) electrons. The third-order valence-electron chi connectivity index (χ3n) is 4.23. The first-order valence-corrected chi connectivity index (χ1v) is 8.48. The third-order valence-corrected chi connectivity index (χ3v) is 4.23. The van der Waals surface area contributed by atoms with Crippen molar-refractivity contribution < 1.29 is 13.6 Å². The van der Waals surface area contributed by atoms with E-state index in [1.807, 2.05) is 30.3 Å². The average molecular weight is 364 g/mol. The van der Waals surface area contributed by atoms with Crippen LogP contribution in [0.2, 0.25) is 0 Å². The fraction of sp³-hybridized carbons (Fsp3) is 0.0909. The topological polar surface area (TPSA) is 41.5 Å². The van der Waals surface area contributed by atoms with Gasteiger partial charge in [0.1, 0.15) is 11.6 Å². The Morgan fingerprint density at radius 2 is 1.70 bits per heavy atom. The van der Waals surface area contributed by atoms with E-state index in [-0.39, 0.29) is 17.5 Å². The molecule has 0 spiro atoms. The molecule has 5 heteroatoms. The molecular formula is C22H18F2N2O. The Hall–Kier alpha value is -3.34. The van der Waals surface area contributed by atoms with Crippen LogP contribution in [-0.4, -0.2) is 12.1 Å². The summed E-state index contributed by atoms with van der Waals surface area (Å²) < 4.78 is 27.3. The number of hydrogen-bond donors (Lipinski definition) is 1. The molecule has 3 nitrogen and oxygen atoms in total. The maximum atomic E-state index is 14.5. The molecule has 0 aromatic heterocycles. The van der Waals surface area contributed by atoms with Crippen molar-refractivity contribution in [1.82, 2.24) is 5.43 Å². The Morgan fingerprint density at radius 1 is 1.00 bits per heavy atom. The van der Waals surface area contributed by atoms with Gasteiger partial charge >= 0.3 is 0 Å². The number of nitrogens with one attached hydrogen (secondary N) is 1. The van der Waals surface area contributed by atoms with E-state index < -0.39 is 5.92 Å². The van der Waals surface area contributed by atoms with E-state index in [2.05, 4.69) is 10.5 Å². The Labute approximate surface area is 156 Å². The molecule has 136 valence electrons. The molecule has 3 aromatic rings. The molecular weight excluding hydrogens is 346 g/mol. The summed E-state index contributed by atoms with van der Waals surface area (Å²) in [5, 5.41) is 3.86. The third kappa shape index (κ3) is 4.64. The van der Waals surface area contributed by atoms with E-state index >= 15 is 0 Å². The number of hydrogen-bond acceptors (Lipinski definition) is 2. The summed E-state index contributed by atoms with van der Waals surface area (Å²) >= 11 is 0. The van der Waals surface area contributed by atoms with Gasteiger partial charge in [0.25, 0.3) is 0 Å². The monoisotopic (exact) mass is 364 g/mol. The lowest BCUT2D eigenvalue weighted by atomic mass is 9.96. The molecule has 0 saturated carbocycles. The number of carbonyl (C=O) groups excluding carboxylic acids is 1. The smallest absolute Gasteiger partial charge is 0.247 e. The minimum atomic E-state index is -0.574. The highest BCUT2D eigenvalue weighted by atomic mass is 19.1. The standard InChI is InChI=1S/C22H18F2N2O/c1-15(22(27)26-25-14-16-7-10-19(23)11-8-16)18-9-12-20(21(24)13-18)17-5-3-2-4-6-17/h2-15H,1H3,(H,26,27)/b25-14+. The van der Waals surface area contributed by atoms with E-state index in [1.165, 1.54) is 24.4 Å². The normalized spacial score (nSPS) is 12.1. The molecule has 27 heavy (non-hydrogen) atoms.